The van der Waals surface area contributed by atoms with E-state index in [0.29, 0.717) is 5.75 Å². The first kappa shape index (κ1) is 11.8. The Balaban J connectivity index is 2.25. The third-order valence-electron chi connectivity index (χ3n) is 1.49. The van der Waals surface area contributed by atoms with Gasteiger partial charge < -0.3 is 10.8 Å². The van der Waals surface area contributed by atoms with E-state index in [4.69, 9.17) is 22.4 Å². The molecular weight excluding hydrogens is 242 g/mol. The maximum Gasteiger partial charge on any atom is 0.321 e. The summed E-state index contributed by atoms with van der Waals surface area (Å²) in [6.45, 7) is 0. The molecule has 0 spiro atoms. The highest BCUT2D eigenvalue weighted by Gasteiger charge is 2.10. The van der Waals surface area contributed by atoms with Crippen LogP contribution in [-0.2, 0) is 10.5 Å². The fraction of sp³-hybridized carbons (Fsp3) is 0.375. The van der Waals surface area contributed by atoms with Crippen molar-refractivity contribution in [1.29, 1.82) is 0 Å². The predicted octanol–water partition coefficient (Wildman–Crippen LogP) is 2.05. The van der Waals surface area contributed by atoms with Gasteiger partial charge in [-0.3, -0.25) is 4.79 Å². The van der Waals surface area contributed by atoms with Crippen molar-refractivity contribution in [2.24, 2.45) is 5.73 Å². The van der Waals surface area contributed by atoms with Crippen LogP contribution in [0.4, 0.5) is 0 Å². The van der Waals surface area contributed by atoms with Gasteiger partial charge in [0.05, 0.1) is 4.34 Å². The van der Waals surface area contributed by atoms with Gasteiger partial charge in [0.1, 0.15) is 6.04 Å². The Morgan fingerprint density at radius 2 is 2.43 bits per heavy atom. The largest absolute Gasteiger partial charge is 0.480 e. The monoisotopic (exact) mass is 251 g/mol. The summed E-state index contributed by atoms with van der Waals surface area (Å²) in [5.41, 5.74) is 5.34. The van der Waals surface area contributed by atoms with Gasteiger partial charge in [0.15, 0.2) is 0 Å². The number of nitrogens with two attached hydrogens (primary N) is 1. The Kier molecular flexibility index (Phi) is 4.74. The zero-order valence-corrected chi connectivity index (χ0v) is 9.66. The van der Waals surface area contributed by atoms with E-state index in [2.05, 4.69) is 0 Å². The molecule has 0 aliphatic carbocycles. The number of thiophene rings is 1. The minimum Gasteiger partial charge on any atom is -0.480 e. The van der Waals surface area contributed by atoms with Crippen LogP contribution < -0.4 is 5.73 Å². The number of hydrogen-bond acceptors (Lipinski definition) is 4. The number of halogens is 1. The quantitative estimate of drug-likeness (QED) is 0.841. The van der Waals surface area contributed by atoms with E-state index in [1.807, 2.05) is 12.1 Å². The molecule has 1 unspecified atom stereocenters. The molecule has 0 aliphatic rings. The Morgan fingerprint density at radius 1 is 1.71 bits per heavy atom. The molecule has 1 atom stereocenters. The molecule has 1 rings (SSSR count). The normalized spacial score (nSPS) is 12.7. The van der Waals surface area contributed by atoms with Crippen molar-refractivity contribution >= 4 is 40.7 Å². The van der Waals surface area contributed by atoms with E-state index in [0.717, 1.165) is 15.0 Å². The maximum absolute atomic E-state index is 10.4. The van der Waals surface area contributed by atoms with Gasteiger partial charge >= 0.3 is 5.97 Å². The summed E-state index contributed by atoms with van der Waals surface area (Å²) in [7, 11) is 0. The van der Waals surface area contributed by atoms with Crippen LogP contribution in [0, 0.1) is 0 Å². The molecule has 1 aromatic heterocycles. The molecule has 6 heteroatoms. The molecule has 0 radical (unpaired) electrons. The third kappa shape index (κ3) is 3.88. The van der Waals surface area contributed by atoms with Crippen LogP contribution >= 0.6 is 34.7 Å². The van der Waals surface area contributed by atoms with Crippen molar-refractivity contribution in [3.05, 3.63) is 21.3 Å². The Morgan fingerprint density at radius 3 is 2.93 bits per heavy atom. The van der Waals surface area contributed by atoms with Crippen molar-refractivity contribution in [2.45, 2.75) is 11.8 Å². The van der Waals surface area contributed by atoms with Gasteiger partial charge in [-0.25, -0.2) is 0 Å². The summed E-state index contributed by atoms with van der Waals surface area (Å²) in [5, 5.41) is 8.53. The molecule has 3 nitrogen and oxygen atoms in total. The van der Waals surface area contributed by atoms with Crippen LogP contribution in [0.25, 0.3) is 0 Å². The molecule has 1 aromatic rings. The third-order valence-corrected chi connectivity index (χ3v) is 4.01. The summed E-state index contributed by atoms with van der Waals surface area (Å²) in [5.74, 6) is 0.227. The SMILES string of the molecule is NC(CSCc1ccc(Cl)s1)C(=O)O. The maximum atomic E-state index is 10.4. The zero-order chi connectivity index (χ0) is 10.6. The summed E-state index contributed by atoms with van der Waals surface area (Å²) in [6, 6.07) is 2.99. The summed E-state index contributed by atoms with van der Waals surface area (Å²) >= 11 is 8.75. The lowest BCUT2D eigenvalue weighted by Gasteiger charge is -2.04. The Bertz CT molecular complexity index is 316. The Labute approximate surface area is 95.3 Å². The highest BCUT2D eigenvalue weighted by molar-refractivity contribution is 7.98. The van der Waals surface area contributed by atoms with E-state index in [1.165, 1.54) is 23.1 Å². The van der Waals surface area contributed by atoms with E-state index in [9.17, 15) is 4.79 Å². The first-order valence-electron chi connectivity index (χ1n) is 3.90. The average molecular weight is 252 g/mol. The number of carbonyl (C=O) groups is 1. The number of thioether (sulfide) groups is 1. The second-order valence-corrected chi connectivity index (χ2v) is 5.50. The lowest BCUT2D eigenvalue weighted by atomic mass is 10.4. The van der Waals surface area contributed by atoms with Gasteiger partial charge in [-0.05, 0) is 12.1 Å². The molecule has 0 amide bonds. The van der Waals surface area contributed by atoms with Gasteiger partial charge in [-0.15, -0.1) is 11.3 Å². The highest BCUT2D eigenvalue weighted by Crippen LogP contribution is 2.25. The predicted molar refractivity (Wildman–Crippen MR) is 61.1 cm³/mol. The summed E-state index contributed by atoms with van der Waals surface area (Å²) in [4.78, 5) is 11.5. The number of carboxylic acids is 1. The first-order valence-corrected chi connectivity index (χ1v) is 6.25. The average Bonchev–Trinajstić information content (AvgIpc) is 2.51. The molecule has 0 bridgehead atoms. The number of carboxylic acid groups (broad SMARTS) is 1. The molecule has 0 aromatic carbocycles. The number of rotatable bonds is 5. The number of hydrogen-bond donors (Lipinski definition) is 2. The van der Waals surface area contributed by atoms with Crippen molar-refractivity contribution < 1.29 is 9.90 Å². The highest BCUT2D eigenvalue weighted by atomic mass is 35.5. The molecular formula is C8H10ClNO2S2. The van der Waals surface area contributed by atoms with Crippen molar-refractivity contribution in [2.75, 3.05) is 5.75 Å². The molecule has 0 aliphatic heterocycles. The van der Waals surface area contributed by atoms with Gasteiger partial charge in [-0.1, -0.05) is 11.6 Å². The fourth-order valence-electron chi connectivity index (χ4n) is 0.787. The molecule has 0 saturated carbocycles. The summed E-state index contributed by atoms with van der Waals surface area (Å²) < 4.78 is 0.753. The van der Waals surface area contributed by atoms with Crippen LogP contribution in [0.3, 0.4) is 0 Å². The van der Waals surface area contributed by atoms with Gasteiger partial charge in [0.2, 0.25) is 0 Å². The minimum absolute atomic E-state index is 0.421. The lowest BCUT2D eigenvalue weighted by Crippen LogP contribution is -2.32. The first-order chi connectivity index (χ1) is 6.59. The molecule has 14 heavy (non-hydrogen) atoms. The van der Waals surface area contributed by atoms with Crippen molar-refractivity contribution in [1.82, 2.24) is 0 Å². The van der Waals surface area contributed by atoms with E-state index in [1.54, 1.807) is 0 Å². The van der Waals surface area contributed by atoms with Gasteiger partial charge in [0, 0.05) is 16.4 Å². The molecule has 0 fully saturated rings. The zero-order valence-electron chi connectivity index (χ0n) is 7.27. The fourth-order valence-corrected chi connectivity index (χ4v) is 2.97. The second kappa shape index (κ2) is 5.60. The van der Waals surface area contributed by atoms with Gasteiger partial charge in [0.25, 0.3) is 0 Å². The van der Waals surface area contributed by atoms with Crippen molar-refractivity contribution in [3.63, 3.8) is 0 Å². The smallest absolute Gasteiger partial charge is 0.321 e. The second-order valence-electron chi connectivity index (χ2n) is 2.67. The van der Waals surface area contributed by atoms with Crippen LogP contribution in [0.1, 0.15) is 4.88 Å². The lowest BCUT2D eigenvalue weighted by molar-refractivity contribution is -0.137. The standard InChI is InChI=1S/C8H10ClNO2S2/c9-7-2-1-5(14-7)3-13-4-6(10)8(11)12/h1-2,6H,3-4,10H2,(H,11,12). The molecule has 1 heterocycles. The van der Waals surface area contributed by atoms with Crippen LogP contribution in [0.5, 0.6) is 0 Å². The topological polar surface area (TPSA) is 63.3 Å². The molecule has 78 valence electrons. The Hall–Kier alpha value is -0.230. The van der Waals surface area contributed by atoms with E-state index in [-0.39, 0.29) is 0 Å². The van der Waals surface area contributed by atoms with Crippen molar-refractivity contribution in [3.8, 4) is 0 Å². The van der Waals surface area contributed by atoms with Gasteiger partial charge in [-0.2, -0.15) is 11.8 Å². The van der Waals surface area contributed by atoms with Crippen LogP contribution in [-0.4, -0.2) is 22.9 Å². The van der Waals surface area contributed by atoms with Crippen LogP contribution in [0.2, 0.25) is 4.34 Å². The summed E-state index contributed by atoms with van der Waals surface area (Å²) in [6.07, 6.45) is 0. The number of aliphatic carboxylic acids is 1. The van der Waals surface area contributed by atoms with Crippen LogP contribution in [0.15, 0.2) is 12.1 Å². The molecule has 0 saturated heterocycles. The minimum atomic E-state index is -0.957. The molecule has 3 N–H and O–H groups in total. The van der Waals surface area contributed by atoms with E-state index >= 15 is 0 Å². The van der Waals surface area contributed by atoms with E-state index < -0.39 is 12.0 Å².